The third kappa shape index (κ3) is 1.88. The molecule has 0 saturated heterocycles. The summed E-state index contributed by atoms with van der Waals surface area (Å²) in [6.45, 7) is 10.3. The Morgan fingerprint density at radius 1 is 1.20 bits per heavy atom. The maximum atomic E-state index is 6.07. The van der Waals surface area contributed by atoms with Crippen LogP contribution >= 0.6 is 23.2 Å². The van der Waals surface area contributed by atoms with Gasteiger partial charge in [0, 0.05) is 11.6 Å². The van der Waals surface area contributed by atoms with Gasteiger partial charge in [-0.2, -0.15) is 0 Å². The van der Waals surface area contributed by atoms with Crippen LogP contribution in [0.3, 0.4) is 0 Å². The fourth-order valence-corrected chi connectivity index (χ4v) is 3.80. The van der Waals surface area contributed by atoms with Gasteiger partial charge in [0.1, 0.15) is 5.82 Å². The number of hydrogen-bond donors (Lipinski definition) is 0. The highest BCUT2D eigenvalue weighted by atomic mass is 35.5. The van der Waals surface area contributed by atoms with Crippen LogP contribution in [-0.2, 0) is 12.4 Å². The first-order valence-corrected chi connectivity index (χ1v) is 7.91. The molecule has 2 aromatic rings. The van der Waals surface area contributed by atoms with Crippen LogP contribution in [0.2, 0.25) is 5.02 Å². The third-order valence-electron chi connectivity index (χ3n) is 5.59. The number of benzene rings is 1. The first-order chi connectivity index (χ1) is 9.29. The Hall–Kier alpha value is -0.730. The van der Waals surface area contributed by atoms with Crippen molar-refractivity contribution in [1.82, 2.24) is 9.55 Å². The Labute approximate surface area is 130 Å². The minimum Gasteiger partial charge on any atom is -0.327 e. The van der Waals surface area contributed by atoms with Gasteiger partial charge >= 0.3 is 0 Å². The molecular formula is C16H20Cl2N2. The summed E-state index contributed by atoms with van der Waals surface area (Å²) in [4.78, 5) is 4.61. The van der Waals surface area contributed by atoms with Crippen LogP contribution in [-0.4, -0.2) is 9.55 Å². The van der Waals surface area contributed by atoms with Gasteiger partial charge in [0.15, 0.2) is 0 Å². The third-order valence-corrected chi connectivity index (χ3v) is 6.07. The van der Waals surface area contributed by atoms with Crippen molar-refractivity contribution in [2.45, 2.75) is 40.1 Å². The van der Waals surface area contributed by atoms with Crippen LogP contribution in [0.4, 0.5) is 0 Å². The zero-order chi connectivity index (χ0) is 14.7. The Morgan fingerprint density at radius 2 is 1.85 bits per heavy atom. The van der Waals surface area contributed by atoms with Gasteiger partial charge in [-0.1, -0.05) is 39.3 Å². The van der Waals surface area contributed by atoms with E-state index in [0.717, 1.165) is 28.4 Å². The quantitative estimate of drug-likeness (QED) is 0.720. The van der Waals surface area contributed by atoms with Crippen LogP contribution in [0.1, 0.15) is 33.5 Å². The Morgan fingerprint density at radius 3 is 2.40 bits per heavy atom. The van der Waals surface area contributed by atoms with E-state index in [1.165, 1.54) is 0 Å². The highest BCUT2D eigenvalue weighted by Crippen LogP contribution is 2.69. The van der Waals surface area contributed by atoms with Gasteiger partial charge in [-0.05, 0) is 34.9 Å². The number of nitrogens with zero attached hydrogens (tertiary/aromatic N) is 2. The second kappa shape index (κ2) is 4.38. The minimum absolute atomic E-state index is 0.361. The fourth-order valence-electron chi connectivity index (χ4n) is 3.43. The average Bonchev–Trinajstić information content (AvgIpc) is 2.69. The molecule has 0 spiro atoms. The molecule has 0 N–H and O–H groups in total. The summed E-state index contributed by atoms with van der Waals surface area (Å²) in [5.41, 5.74) is 2.78. The average molecular weight is 311 g/mol. The smallest absolute Gasteiger partial charge is 0.124 e. The maximum absolute atomic E-state index is 6.07. The molecule has 1 fully saturated rings. The van der Waals surface area contributed by atoms with Crippen molar-refractivity contribution < 1.29 is 0 Å². The van der Waals surface area contributed by atoms with Crippen molar-refractivity contribution in [3.05, 3.63) is 29.0 Å². The van der Waals surface area contributed by atoms with Gasteiger partial charge < -0.3 is 4.57 Å². The van der Waals surface area contributed by atoms with Gasteiger partial charge in [0.05, 0.1) is 16.9 Å². The molecule has 1 aromatic carbocycles. The highest BCUT2D eigenvalue weighted by Gasteiger charge is 2.64. The van der Waals surface area contributed by atoms with Gasteiger partial charge in [0.25, 0.3) is 0 Å². The number of alkyl halides is 1. The van der Waals surface area contributed by atoms with Crippen LogP contribution in [0.5, 0.6) is 0 Å². The van der Waals surface area contributed by atoms with Crippen LogP contribution in [0.25, 0.3) is 11.0 Å². The predicted octanol–water partition coefficient (Wildman–Crippen LogP) is 5.11. The Bertz CT molecular complexity index is 656. The first-order valence-electron chi connectivity index (χ1n) is 6.99. The molecule has 0 unspecified atom stereocenters. The van der Waals surface area contributed by atoms with E-state index in [-0.39, 0.29) is 0 Å². The lowest BCUT2D eigenvalue weighted by molar-refractivity contribution is 0.457. The van der Waals surface area contributed by atoms with E-state index in [2.05, 4.69) is 37.2 Å². The van der Waals surface area contributed by atoms with Crippen molar-refractivity contribution in [1.29, 1.82) is 0 Å². The maximum Gasteiger partial charge on any atom is 0.124 e. The molecule has 1 aromatic heterocycles. The number of imidazole rings is 1. The topological polar surface area (TPSA) is 17.8 Å². The van der Waals surface area contributed by atoms with E-state index in [9.17, 15) is 0 Å². The molecule has 0 amide bonds. The van der Waals surface area contributed by atoms with E-state index in [0.29, 0.717) is 22.6 Å². The summed E-state index contributed by atoms with van der Waals surface area (Å²) in [6.07, 6.45) is 0. The number of aromatic nitrogens is 2. The number of rotatable bonds is 3. The molecule has 0 atom stereocenters. The predicted molar refractivity (Wildman–Crippen MR) is 85.4 cm³/mol. The highest BCUT2D eigenvalue weighted by molar-refractivity contribution is 6.31. The van der Waals surface area contributed by atoms with Crippen LogP contribution in [0, 0.1) is 16.7 Å². The summed E-state index contributed by atoms with van der Waals surface area (Å²) in [6, 6.07) is 5.87. The van der Waals surface area contributed by atoms with Crippen molar-refractivity contribution in [3.63, 3.8) is 0 Å². The zero-order valence-electron chi connectivity index (χ0n) is 12.4. The van der Waals surface area contributed by atoms with E-state index < -0.39 is 0 Å². The Kier molecular flexibility index (Phi) is 3.11. The fraction of sp³-hybridized carbons (Fsp3) is 0.562. The zero-order valence-corrected chi connectivity index (χ0v) is 13.9. The molecule has 0 radical (unpaired) electrons. The van der Waals surface area contributed by atoms with E-state index in [4.69, 9.17) is 23.2 Å². The molecular weight excluding hydrogens is 291 g/mol. The molecule has 1 aliphatic rings. The largest absolute Gasteiger partial charge is 0.327 e. The minimum atomic E-state index is 0.361. The second-order valence-electron chi connectivity index (χ2n) is 6.90. The van der Waals surface area contributed by atoms with Crippen LogP contribution < -0.4 is 0 Å². The molecule has 1 saturated carbocycles. The molecule has 2 nitrogen and oxygen atoms in total. The summed E-state index contributed by atoms with van der Waals surface area (Å²) in [5, 5.41) is 0.718. The van der Waals surface area contributed by atoms with Gasteiger partial charge in [-0.25, -0.2) is 4.98 Å². The summed E-state index contributed by atoms with van der Waals surface area (Å²) in [5.74, 6) is 2.01. The van der Waals surface area contributed by atoms with E-state index in [1.807, 2.05) is 18.2 Å². The standard InChI is InChI=1S/C16H20Cl2N2/c1-15(2)13(16(15,3)4)9-20-12-6-5-10(18)7-11(12)19-14(20)8-17/h5-7,13H,8-9H2,1-4H3. The van der Waals surface area contributed by atoms with Crippen molar-refractivity contribution in [2.75, 3.05) is 0 Å². The van der Waals surface area contributed by atoms with Crippen molar-refractivity contribution >= 4 is 34.2 Å². The number of halogens is 2. The summed E-state index contributed by atoms with van der Waals surface area (Å²) >= 11 is 12.1. The van der Waals surface area contributed by atoms with Gasteiger partial charge in [0.2, 0.25) is 0 Å². The molecule has 3 rings (SSSR count). The monoisotopic (exact) mass is 310 g/mol. The van der Waals surface area contributed by atoms with Crippen LogP contribution in [0.15, 0.2) is 18.2 Å². The molecule has 4 heteroatoms. The molecule has 20 heavy (non-hydrogen) atoms. The Balaban J connectivity index is 2.03. The summed E-state index contributed by atoms with van der Waals surface area (Å²) in [7, 11) is 0. The normalized spacial score (nSPS) is 20.5. The molecule has 0 bridgehead atoms. The molecule has 0 aliphatic heterocycles. The van der Waals surface area contributed by atoms with E-state index in [1.54, 1.807) is 0 Å². The second-order valence-corrected chi connectivity index (χ2v) is 7.60. The van der Waals surface area contributed by atoms with Crippen molar-refractivity contribution in [3.8, 4) is 0 Å². The van der Waals surface area contributed by atoms with E-state index >= 15 is 0 Å². The molecule has 1 aliphatic carbocycles. The number of fused-ring (bicyclic) bond motifs is 1. The molecule has 108 valence electrons. The summed E-state index contributed by atoms with van der Waals surface area (Å²) < 4.78 is 2.26. The number of hydrogen-bond acceptors (Lipinski definition) is 1. The van der Waals surface area contributed by atoms with Gasteiger partial charge in [-0.3, -0.25) is 0 Å². The first kappa shape index (κ1) is 14.2. The molecule has 1 heterocycles. The SMILES string of the molecule is CC1(C)C(Cn2c(CCl)nc3cc(Cl)ccc32)C1(C)C. The van der Waals surface area contributed by atoms with Gasteiger partial charge in [-0.15, -0.1) is 11.6 Å². The van der Waals surface area contributed by atoms with Crippen molar-refractivity contribution in [2.24, 2.45) is 16.7 Å². The lowest BCUT2D eigenvalue weighted by atomic mass is 10.0. The lowest BCUT2D eigenvalue weighted by Crippen LogP contribution is -2.07. The lowest BCUT2D eigenvalue weighted by Gasteiger charge is -2.09.